The molecule has 0 saturated carbocycles. The van der Waals surface area contributed by atoms with Crippen molar-refractivity contribution in [3.8, 4) is 22.1 Å². The number of carbonyl (C=O) groups is 1. The van der Waals surface area contributed by atoms with Crippen LogP contribution < -0.4 is 14.4 Å². The first-order valence-corrected chi connectivity index (χ1v) is 9.51. The summed E-state index contributed by atoms with van der Waals surface area (Å²) in [5.74, 6) is 0.306. The molecule has 0 aliphatic rings. The molecule has 152 valence electrons. The molecule has 0 unspecified atom stereocenters. The van der Waals surface area contributed by atoms with E-state index in [1.807, 2.05) is 6.07 Å². The lowest BCUT2D eigenvalue weighted by molar-refractivity contribution is 0.0975. The maximum Gasteiger partial charge on any atom is 0.260 e. The zero-order valence-corrected chi connectivity index (χ0v) is 17.0. The predicted molar refractivity (Wildman–Crippen MR) is 108 cm³/mol. The summed E-state index contributed by atoms with van der Waals surface area (Å²) in [5, 5.41) is 9.37. The quantitative estimate of drug-likeness (QED) is 0.557. The van der Waals surface area contributed by atoms with E-state index in [1.54, 1.807) is 39.5 Å². The molecule has 0 N–H and O–H groups in total. The Morgan fingerprint density at radius 1 is 1.07 bits per heavy atom. The number of halogens is 1. The summed E-state index contributed by atoms with van der Waals surface area (Å²) in [6, 6.07) is 10.9. The van der Waals surface area contributed by atoms with Crippen LogP contribution in [0, 0.1) is 5.82 Å². The number of hydrogen-bond donors (Lipinski definition) is 0. The van der Waals surface area contributed by atoms with Crippen molar-refractivity contribution < 1.29 is 23.4 Å². The Labute approximate surface area is 171 Å². The molecule has 3 rings (SSSR count). The van der Waals surface area contributed by atoms with Crippen LogP contribution in [-0.2, 0) is 4.74 Å². The van der Waals surface area contributed by atoms with E-state index in [4.69, 9.17) is 14.2 Å². The van der Waals surface area contributed by atoms with Crippen LogP contribution in [0.15, 0.2) is 42.5 Å². The van der Waals surface area contributed by atoms with Gasteiger partial charge in [0.1, 0.15) is 10.8 Å². The fourth-order valence-corrected chi connectivity index (χ4v) is 3.52. The Bertz CT molecular complexity index is 995. The highest BCUT2D eigenvalue weighted by molar-refractivity contribution is 7.18. The van der Waals surface area contributed by atoms with Crippen LogP contribution in [0.3, 0.4) is 0 Å². The summed E-state index contributed by atoms with van der Waals surface area (Å²) in [4.78, 5) is 14.4. The van der Waals surface area contributed by atoms with E-state index in [0.717, 1.165) is 5.56 Å². The molecular weight excluding hydrogens is 397 g/mol. The first kappa shape index (κ1) is 20.7. The van der Waals surface area contributed by atoms with Gasteiger partial charge in [-0.1, -0.05) is 17.4 Å². The lowest BCUT2D eigenvalue weighted by Gasteiger charge is -2.19. The molecule has 0 fully saturated rings. The summed E-state index contributed by atoms with van der Waals surface area (Å²) in [5.41, 5.74) is 1.00. The van der Waals surface area contributed by atoms with Gasteiger partial charge in [0.25, 0.3) is 5.91 Å². The van der Waals surface area contributed by atoms with Gasteiger partial charge < -0.3 is 14.2 Å². The third-order valence-electron chi connectivity index (χ3n) is 4.11. The summed E-state index contributed by atoms with van der Waals surface area (Å²) in [7, 11) is 4.66. The van der Waals surface area contributed by atoms with Crippen LogP contribution in [-0.4, -0.2) is 50.6 Å². The molecule has 0 spiro atoms. The number of ether oxygens (including phenoxy) is 3. The summed E-state index contributed by atoms with van der Waals surface area (Å²) in [6.45, 7) is 0.554. The number of rotatable bonds is 8. The van der Waals surface area contributed by atoms with E-state index in [1.165, 1.54) is 34.4 Å². The largest absolute Gasteiger partial charge is 0.493 e. The maximum absolute atomic E-state index is 13.6. The van der Waals surface area contributed by atoms with Gasteiger partial charge in [-0.3, -0.25) is 9.69 Å². The number of amides is 1. The average Bonchev–Trinajstić information content (AvgIpc) is 3.23. The van der Waals surface area contributed by atoms with Crippen molar-refractivity contribution in [2.45, 2.75) is 0 Å². The van der Waals surface area contributed by atoms with E-state index in [2.05, 4.69) is 10.2 Å². The predicted octanol–water partition coefficient (Wildman–Crippen LogP) is 3.65. The van der Waals surface area contributed by atoms with Gasteiger partial charge in [0.2, 0.25) is 5.13 Å². The smallest absolute Gasteiger partial charge is 0.260 e. The molecule has 1 aromatic heterocycles. The molecule has 0 atom stereocenters. The van der Waals surface area contributed by atoms with E-state index >= 15 is 0 Å². The number of methoxy groups -OCH3 is 3. The molecule has 9 heteroatoms. The number of carbonyl (C=O) groups excluding carboxylic acids is 1. The summed E-state index contributed by atoms with van der Waals surface area (Å²) >= 11 is 1.24. The minimum atomic E-state index is -0.481. The van der Waals surface area contributed by atoms with Gasteiger partial charge in [-0.15, -0.1) is 10.2 Å². The Morgan fingerprint density at radius 2 is 1.86 bits per heavy atom. The molecule has 0 saturated heterocycles. The van der Waals surface area contributed by atoms with Crippen LogP contribution in [0.4, 0.5) is 9.52 Å². The molecule has 29 heavy (non-hydrogen) atoms. The van der Waals surface area contributed by atoms with E-state index in [-0.39, 0.29) is 18.0 Å². The standard InChI is InChI=1S/C20H20FN3O4S/c1-26-10-9-24(19(25)14-5-4-6-15(21)11-14)20-23-22-18(29-20)13-7-8-16(27-2)17(12-13)28-3/h4-8,11-12H,9-10H2,1-3H3. The number of hydrogen-bond acceptors (Lipinski definition) is 7. The van der Waals surface area contributed by atoms with Gasteiger partial charge in [0.05, 0.1) is 27.4 Å². The van der Waals surface area contributed by atoms with E-state index in [0.29, 0.717) is 28.2 Å². The Kier molecular flexibility index (Phi) is 6.73. The van der Waals surface area contributed by atoms with Gasteiger partial charge in [0, 0.05) is 18.2 Å². The second-order valence-corrected chi connectivity index (χ2v) is 6.88. The molecule has 1 amide bonds. The Balaban J connectivity index is 1.92. The molecule has 3 aromatic rings. The SMILES string of the molecule is COCCN(C(=O)c1cccc(F)c1)c1nnc(-c2ccc(OC)c(OC)c2)s1. The first-order chi connectivity index (χ1) is 14.1. The maximum atomic E-state index is 13.6. The Morgan fingerprint density at radius 3 is 2.55 bits per heavy atom. The molecule has 2 aromatic carbocycles. The second kappa shape index (κ2) is 9.44. The van der Waals surface area contributed by atoms with Crippen LogP contribution >= 0.6 is 11.3 Å². The summed E-state index contributed by atoms with van der Waals surface area (Å²) in [6.07, 6.45) is 0. The number of aromatic nitrogens is 2. The molecule has 1 heterocycles. The van der Waals surface area contributed by atoms with Crippen molar-refractivity contribution >= 4 is 22.4 Å². The van der Waals surface area contributed by atoms with Crippen molar-refractivity contribution in [1.29, 1.82) is 0 Å². The van der Waals surface area contributed by atoms with Gasteiger partial charge in [-0.25, -0.2) is 4.39 Å². The zero-order valence-electron chi connectivity index (χ0n) is 16.2. The van der Waals surface area contributed by atoms with Crippen LogP contribution in [0.2, 0.25) is 0 Å². The topological polar surface area (TPSA) is 73.8 Å². The van der Waals surface area contributed by atoms with E-state index in [9.17, 15) is 9.18 Å². The van der Waals surface area contributed by atoms with Crippen molar-refractivity contribution in [3.05, 3.63) is 53.8 Å². The normalized spacial score (nSPS) is 10.6. The van der Waals surface area contributed by atoms with Gasteiger partial charge in [-0.05, 0) is 36.4 Å². The average molecular weight is 417 g/mol. The van der Waals surface area contributed by atoms with Crippen LogP contribution in [0.25, 0.3) is 10.6 Å². The molecule has 0 bridgehead atoms. The van der Waals surface area contributed by atoms with Gasteiger partial charge >= 0.3 is 0 Å². The lowest BCUT2D eigenvalue weighted by atomic mass is 10.2. The summed E-state index contributed by atoms with van der Waals surface area (Å²) < 4.78 is 29.2. The van der Waals surface area contributed by atoms with Crippen molar-refractivity contribution in [3.63, 3.8) is 0 Å². The molecular formula is C20H20FN3O4S. The third kappa shape index (κ3) is 4.69. The minimum Gasteiger partial charge on any atom is -0.493 e. The van der Waals surface area contributed by atoms with Crippen molar-refractivity contribution in [2.75, 3.05) is 39.4 Å². The fraction of sp³-hybridized carbons (Fsp3) is 0.250. The molecule has 0 aliphatic heterocycles. The highest BCUT2D eigenvalue weighted by Gasteiger charge is 2.22. The van der Waals surface area contributed by atoms with E-state index < -0.39 is 5.82 Å². The first-order valence-electron chi connectivity index (χ1n) is 8.69. The second-order valence-electron chi connectivity index (χ2n) is 5.92. The Hall–Kier alpha value is -3.04. The molecule has 0 radical (unpaired) electrons. The highest BCUT2D eigenvalue weighted by Crippen LogP contribution is 2.35. The third-order valence-corrected chi connectivity index (χ3v) is 5.11. The zero-order chi connectivity index (χ0) is 20.8. The van der Waals surface area contributed by atoms with Crippen LogP contribution in [0.1, 0.15) is 10.4 Å². The van der Waals surface area contributed by atoms with Crippen molar-refractivity contribution in [2.24, 2.45) is 0 Å². The van der Waals surface area contributed by atoms with Crippen molar-refractivity contribution in [1.82, 2.24) is 10.2 Å². The number of anilines is 1. The number of benzene rings is 2. The highest BCUT2D eigenvalue weighted by atomic mass is 32.1. The molecule has 7 nitrogen and oxygen atoms in total. The minimum absolute atomic E-state index is 0.226. The lowest BCUT2D eigenvalue weighted by Crippen LogP contribution is -2.34. The molecule has 0 aliphatic carbocycles. The van der Waals surface area contributed by atoms with Gasteiger partial charge in [-0.2, -0.15) is 0 Å². The van der Waals surface area contributed by atoms with Gasteiger partial charge in [0.15, 0.2) is 11.5 Å². The monoisotopic (exact) mass is 417 g/mol. The number of nitrogens with zero attached hydrogens (tertiary/aromatic N) is 3. The fourth-order valence-electron chi connectivity index (χ4n) is 2.65. The van der Waals surface area contributed by atoms with Crippen LogP contribution in [0.5, 0.6) is 11.5 Å².